The third-order valence-electron chi connectivity index (χ3n) is 5.31. The highest BCUT2D eigenvalue weighted by atomic mass is 19.4. The molecule has 1 aliphatic heterocycles. The van der Waals surface area contributed by atoms with Crippen molar-refractivity contribution in [3.05, 3.63) is 77.6 Å². The number of hydrogen-bond donors (Lipinski definition) is 0. The van der Waals surface area contributed by atoms with Crippen molar-refractivity contribution in [2.45, 2.75) is 6.18 Å². The normalized spacial score (nSPS) is 14.1. The van der Waals surface area contributed by atoms with Crippen LogP contribution >= 0.6 is 0 Å². The van der Waals surface area contributed by atoms with E-state index in [0.717, 1.165) is 6.07 Å². The molecule has 3 aromatic rings. The fourth-order valence-electron chi connectivity index (χ4n) is 3.65. The SMILES string of the molecule is COC(=O)C1=C(C(=O)OC)N(c2ccc(-c3cc(C(F)(F)F)nn3-c3ccccc3)cc2)COC1. The molecule has 4 rings (SSSR count). The van der Waals surface area contributed by atoms with Gasteiger partial charge in [0.05, 0.1) is 37.8 Å². The molecule has 0 atom stereocenters. The average molecular weight is 487 g/mol. The predicted molar refractivity (Wildman–Crippen MR) is 118 cm³/mol. The molecule has 1 aromatic heterocycles. The molecule has 11 heteroatoms. The van der Waals surface area contributed by atoms with Crippen LogP contribution in [0.25, 0.3) is 16.9 Å². The van der Waals surface area contributed by atoms with E-state index in [4.69, 9.17) is 14.2 Å². The summed E-state index contributed by atoms with van der Waals surface area (Å²) in [6.07, 6.45) is -4.62. The van der Waals surface area contributed by atoms with Crippen molar-refractivity contribution in [2.75, 3.05) is 32.5 Å². The number of nitrogens with zero attached hydrogens (tertiary/aromatic N) is 3. The Morgan fingerprint density at radius 3 is 2.20 bits per heavy atom. The van der Waals surface area contributed by atoms with Gasteiger partial charge in [0.25, 0.3) is 0 Å². The number of aromatic nitrogens is 2. The average Bonchev–Trinajstić information content (AvgIpc) is 3.34. The molecule has 0 spiro atoms. The molecule has 2 aromatic carbocycles. The standard InChI is InChI=1S/C24H20F3N3O5/c1-33-22(31)18-13-35-14-29(21(18)23(32)34-2)16-10-8-15(9-11-16)19-12-20(24(25,26)27)28-30(19)17-6-4-3-5-7-17/h3-12H,13-14H2,1-2H3. The first-order valence-electron chi connectivity index (χ1n) is 10.3. The van der Waals surface area contributed by atoms with E-state index in [2.05, 4.69) is 5.10 Å². The number of hydrogen-bond acceptors (Lipinski definition) is 7. The van der Waals surface area contributed by atoms with Crippen LogP contribution in [0.2, 0.25) is 0 Å². The van der Waals surface area contributed by atoms with Gasteiger partial charge in [-0.15, -0.1) is 0 Å². The second-order valence-corrected chi connectivity index (χ2v) is 7.42. The predicted octanol–water partition coefficient (Wildman–Crippen LogP) is 3.95. The highest BCUT2D eigenvalue weighted by molar-refractivity contribution is 6.03. The molecule has 0 amide bonds. The molecular weight excluding hydrogens is 467 g/mol. The zero-order valence-corrected chi connectivity index (χ0v) is 18.7. The van der Waals surface area contributed by atoms with Gasteiger partial charge in [-0.05, 0) is 30.3 Å². The van der Waals surface area contributed by atoms with E-state index in [1.807, 2.05) is 0 Å². The van der Waals surface area contributed by atoms with Crippen LogP contribution in [-0.4, -0.2) is 49.3 Å². The summed E-state index contributed by atoms with van der Waals surface area (Å²) in [5.41, 5.74) is 0.531. The summed E-state index contributed by atoms with van der Waals surface area (Å²) in [6.45, 7) is -0.188. The lowest BCUT2D eigenvalue weighted by Gasteiger charge is -2.31. The lowest BCUT2D eigenvalue weighted by molar-refractivity contribution is -0.141. The van der Waals surface area contributed by atoms with Gasteiger partial charge in [0, 0.05) is 11.3 Å². The van der Waals surface area contributed by atoms with Gasteiger partial charge in [0.2, 0.25) is 0 Å². The maximum atomic E-state index is 13.4. The molecule has 0 unspecified atom stereocenters. The van der Waals surface area contributed by atoms with Crippen LogP contribution in [0.15, 0.2) is 71.9 Å². The minimum atomic E-state index is -4.62. The van der Waals surface area contributed by atoms with Gasteiger partial charge in [-0.1, -0.05) is 30.3 Å². The zero-order valence-electron chi connectivity index (χ0n) is 18.7. The van der Waals surface area contributed by atoms with Crippen LogP contribution in [0.5, 0.6) is 0 Å². The van der Waals surface area contributed by atoms with Crippen molar-refractivity contribution in [3.63, 3.8) is 0 Å². The van der Waals surface area contributed by atoms with Crippen molar-refractivity contribution >= 4 is 17.6 Å². The number of methoxy groups -OCH3 is 2. The quantitative estimate of drug-likeness (QED) is 0.504. The first kappa shape index (κ1) is 24.0. The summed E-state index contributed by atoms with van der Waals surface area (Å²) in [5, 5.41) is 3.77. The Hall–Kier alpha value is -4.12. The molecule has 0 fully saturated rings. The summed E-state index contributed by atoms with van der Waals surface area (Å²) in [7, 11) is 2.37. The maximum Gasteiger partial charge on any atom is 0.435 e. The second-order valence-electron chi connectivity index (χ2n) is 7.42. The smallest absolute Gasteiger partial charge is 0.435 e. The Kier molecular flexibility index (Phi) is 6.61. The lowest BCUT2D eigenvalue weighted by atomic mass is 10.1. The third-order valence-corrected chi connectivity index (χ3v) is 5.31. The molecule has 0 saturated heterocycles. The number of benzene rings is 2. The van der Waals surface area contributed by atoms with E-state index in [1.54, 1.807) is 54.6 Å². The maximum absolute atomic E-state index is 13.4. The number of para-hydroxylation sites is 1. The van der Waals surface area contributed by atoms with Crippen molar-refractivity contribution < 1.29 is 37.0 Å². The number of carbonyl (C=O) groups is 2. The molecule has 2 heterocycles. The summed E-state index contributed by atoms with van der Waals surface area (Å²) in [4.78, 5) is 26.1. The van der Waals surface area contributed by atoms with Gasteiger partial charge in [0.1, 0.15) is 12.4 Å². The van der Waals surface area contributed by atoms with Gasteiger partial charge < -0.3 is 19.1 Å². The lowest BCUT2D eigenvalue weighted by Crippen LogP contribution is -2.38. The molecule has 0 N–H and O–H groups in total. The van der Waals surface area contributed by atoms with E-state index in [9.17, 15) is 22.8 Å². The number of halogens is 3. The van der Waals surface area contributed by atoms with Crippen molar-refractivity contribution in [3.8, 4) is 16.9 Å². The van der Waals surface area contributed by atoms with Crippen LogP contribution in [0.1, 0.15) is 5.69 Å². The molecule has 1 aliphatic rings. The molecule has 8 nitrogen and oxygen atoms in total. The first-order chi connectivity index (χ1) is 16.7. The first-order valence-corrected chi connectivity index (χ1v) is 10.3. The molecule has 182 valence electrons. The van der Waals surface area contributed by atoms with E-state index in [-0.39, 0.29) is 30.3 Å². The summed E-state index contributed by atoms with van der Waals surface area (Å²) in [5.74, 6) is -1.49. The van der Waals surface area contributed by atoms with Gasteiger partial charge >= 0.3 is 18.1 Å². The van der Waals surface area contributed by atoms with E-state index in [0.29, 0.717) is 16.9 Å². The van der Waals surface area contributed by atoms with Crippen LogP contribution < -0.4 is 4.90 Å². The van der Waals surface area contributed by atoms with Gasteiger partial charge in [-0.25, -0.2) is 14.3 Å². The molecular formula is C24H20F3N3O5. The van der Waals surface area contributed by atoms with E-state index >= 15 is 0 Å². The second kappa shape index (κ2) is 9.63. The molecule has 0 saturated carbocycles. The van der Waals surface area contributed by atoms with E-state index < -0.39 is 23.8 Å². The molecule has 35 heavy (non-hydrogen) atoms. The summed E-state index contributed by atoms with van der Waals surface area (Å²) < 4.78 is 56.5. The Bertz CT molecular complexity index is 1270. The largest absolute Gasteiger partial charge is 0.466 e. The topological polar surface area (TPSA) is 82.9 Å². The van der Waals surface area contributed by atoms with E-state index in [1.165, 1.54) is 23.8 Å². The zero-order chi connectivity index (χ0) is 25.2. The van der Waals surface area contributed by atoms with Crippen LogP contribution in [0.4, 0.5) is 18.9 Å². The summed E-state index contributed by atoms with van der Waals surface area (Å²) in [6, 6.07) is 15.8. The minimum Gasteiger partial charge on any atom is -0.466 e. The fourth-order valence-corrected chi connectivity index (χ4v) is 3.65. The molecule has 0 bridgehead atoms. The fraction of sp³-hybridized carbons (Fsp3) is 0.208. The minimum absolute atomic E-state index is 0.00773. The molecule has 0 aliphatic carbocycles. The highest BCUT2D eigenvalue weighted by Gasteiger charge is 2.36. The Labute approximate surface area is 198 Å². The van der Waals surface area contributed by atoms with Crippen LogP contribution in [0, 0.1) is 0 Å². The Morgan fingerprint density at radius 1 is 0.943 bits per heavy atom. The summed E-state index contributed by atoms with van der Waals surface area (Å²) >= 11 is 0. The Morgan fingerprint density at radius 2 is 1.60 bits per heavy atom. The van der Waals surface area contributed by atoms with Crippen molar-refractivity contribution in [2.24, 2.45) is 0 Å². The van der Waals surface area contributed by atoms with Crippen LogP contribution in [-0.2, 0) is 30.0 Å². The molecule has 0 radical (unpaired) electrons. The number of carbonyl (C=O) groups excluding carboxylic acids is 2. The number of alkyl halides is 3. The van der Waals surface area contributed by atoms with Crippen LogP contribution in [0.3, 0.4) is 0 Å². The number of rotatable bonds is 5. The van der Waals surface area contributed by atoms with Crippen molar-refractivity contribution in [1.29, 1.82) is 0 Å². The third kappa shape index (κ3) is 4.76. The van der Waals surface area contributed by atoms with Gasteiger partial charge in [0.15, 0.2) is 5.69 Å². The van der Waals surface area contributed by atoms with Gasteiger partial charge in [-0.2, -0.15) is 18.3 Å². The monoisotopic (exact) mass is 487 g/mol. The number of ether oxygens (including phenoxy) is 3. The Balaban J connectivity index is 1.76. The van der Waals surface area contributed by atoms with Crippen molar-refractivity contribution in [1.82, 2.24) is 9.78 Å². The van der Waals surface area contributed by atoms with Gasteiger partial charge in [-0.3, -0.25) is 0 Å². The number of esters is 2. The number of anilines is 1. The highest BCUT2D eigenvalue weighted by Crippen LogP contribution is 2.34.